The first-order valence-corrected chi connectivity index (χ1v) is 7.32. The Hall–Kier alpha value is -2.41. The number of carbonyl (C=O) groups is 3. The van der Waals surface area contributed by atoms with Gasteiger partial charge in [-0.1, -0.05) is 30.3 Å². The number of likely N-dealkylation sites (N-methyl/N-ethyl adjacent to an activating group) is 1. The molecule has 1 unspecified atom stereocenters. The molecule has 1 aromatic rings. The van der Waals surface area contributed by atoms with Crippen LogP contribution < -0.4 is 0 Å². The number of nitrogens with zero attached hydrogens (tertiary/aromatic N) is 2. The number of rotatable bonds is 5. The monoisotopic (exact) mass is 320 g/mol. The Bertz CT molecular complexity index is 589. The van der Waals surface area contributed by atoms with E-state index >= 15 is 0 Å². The van der Waals surface area contributed by atoms with E-state index in [4.69, 9.17) is 9.84 Å². The van der Waals surface area contributed by atoms with E-state index in [1.54, 1.807) is 0 Å². The van der Waals surface area contributed by atoms with Crippen molar-refractivity contribution in [3.63, 3.8) is 0 Å². The Kier molecular flexibility index (Phi) is 5.33. The van der Waals surface area contributed by atoms with Crippen LogP contribution in [0.3, 0.4) is 0 Å². The number of carbonyl (C=O) groups excluding carboxylic acids is 2. The molecule has 0 bridgehead atoms. The fraction of sp³-hybridized carbons (Fsp3) is 0.438. The zero-order valence-electron chi connectivity index (χ0n) is 13.1. The molecule has 1 fully saturated rings. The molecule has 0 spiro atoms. The molecule has 7 heteroatoms. The number of carboxylic acids is 1. The quantitative estimate of drug-likeness (QED) is 0.845. The van der Waals surface area contributed by atoms with Gasteiger partial charge in [0.05, 0.1) is 6.61 Å². The van der Waals surface area contributed by atoms with E-state index in [2.05, 4.69) is 0 Å². The number of aliphatic carboxylic acids is 1. The van der Waals surface area contributed by atoms with E-state index in [9.17, 15) is 14.4 Å². The Morgan fingerprint density at radius 2 is 2.04 bits per heavy atom. The number of benzene rings is 1. The molecule has 23 heavy (non-hydrogen) atoms. The average molecular weight is 320 g/mol. The number of carboxylic acid groups (broad SMARTS) is 1. The number of hydrogen-bond acceptors (Lipinski definition) is 4. The van der Waals surface area contributed by atoms with Gasteiger partial charge in [0.15, 0.2) is 0 Å². The molecule has 2 rings (SSSR count). The first-order valence-electron chi connectivity index (χ1n) is 7.32. The maximum Gasteiger partial charge on any atom is 0.326 e. The van der Waals surface area contributed by atoms with Gasteiger partial charge in [0.2, 0.25) is 11.8 Å². The van der Waals surface area contributed by atoms with Crippen molar-refractivity contribution in [1.82, 2.24) is 9.80 Å². The van der Waals surface area contributed by atoms with Crippen LogP contribution in [0.15, 0.2) is 30.3 Å². The second-order valence-corrected chi connectivity index (χ2v) is 5.50. The van der Waals surface area contributed by atoms with Crippen LogP contribution >= 0.6 is 0 Å². The molecule has 0 aliphatic carbocycles. The lowest BCUT2D eigenvalue weighted by atomic mass is 10.1. The van der Waals surface area contributed by atoms with Crippen molar-refractivity contribution in [3.8, 4) is 0 Å². The summed E-state index contributed by atoms with van der Waals surface area (Å²) in [5, 5.41) is 9.05. The molecule has 1 N–H and O–H groups in total. The van der Waals surface area contributed by atoms with Crippen LogP contribution in [0.4, 0.5) is 0 Å². The van der Waals surface area contributed by atoms with Crippen LogP contribution in [0.25, 0.3) is 0 Å². The van der Waals surface area contributed by atoms with Crippen molar-refractivity contribution < 1.29 is 24.2 Å². The van der Waals surface area contributed by atoms with Gasteiger partial charge in [0.25, 0.3) is 0 Å². The van der Waals surface area contributed by atoms with Gasteiger partial charge in [0.1, 0.15) is 18.7 Å². The molecule has 1 heterocycles. The third-order valence-corrected chi connectivity index (χ3v) is 3.96. The third kappa shape index (κ3) is 3.87. The summed E-state index contributed by atoms with van der Waals surface area (Å²) in [4.78, 5) is 38.4. The minimum Gasteiger partial charge on any atom is -0.480 e. The van der Waals surface area contributed by atoms with Gasteiger partial charge in [-0.15, -0.1) is 0 Å². The van der Waals surface area contributed by atoms with Gasteiger partial charge in [-0.05, 0) is 12.5 Å². The zero-order valence-corrected chi connectivity index (χ0v) is 13.1. The highest BCUT2D eigenvalue weighted by atomic mass is 16.5. The maximum absolute atomic E-state index is 12.6. The average Bonchev–Trinajstić information content (AvgIpc) is 2.55. The van der Waals surface area contributed by atoms with Crippen molar-refractivity contribution in [2.75, 3.05) is 20.3 Å². The maximum atomic E-state index is 12.6. The van der Waals surface area contributed by atoms with Crippen LogP contribution in [0.5, 0.6) is 0 Å². The zero-order chi connectivity index (χ0) is 17.0. The second kappa shape index (κ2) is 7.23. The number of morpholine rings is 1. The third-order valence-electron chi connectivity index (χ3n) is 3.96. The van der Waals surface area contributed by atoms with Crippen LogP contribution in [-0.2, 0) is 25.7 Å². The lowest BCUT2D eigenvalue weighted by molar-refractivity contribution is -0.162. The molecule has 2 atom stereocenters. The SMILES string of the molecule is CC(C(=O)O)N(C)C(=O)[C@H]1COCC(=O)N1Cc1ccccc1. The molecule has 1 aliphatic rings. The summed E-state index contributed by atoms with van der Waals surface area (Å²) in [5.74, 6) is -1.82. The molecule has 7 nitrogen and oxygen atoms in total. The highest BCUT2D eigenvalue weighted by Gasteiger charge is 2.37. The summed E-state index contributed by atoms with van der Waals surface area (Å²) < 4.78 is 5.19. The standard InChI is InChI=1S/C16H20N2O5/c1-11(16(21)22)17(2)15(20)13-9-23-10-14(19)18(13)8-12-6-4-3-5-7-12/h3-7,11,13H,8-10H2,1-2H3,(H,21,22)/t11?,13-/m1/s1. The summed E-state index contributed by atoms with van der Waals surface area (Å²) in [6, 6.07) is 7.53. The molecule has 1 aliphatic heterocycles. The molecular weight excluding hydrogens is 300 g/mol. The van der Waals surface area contributed by atoms with E-state index in [1.807, 2.05) is 30.3 Å². The highest BCUT2D eigenvalue weighted by Crippen LogP contribution is 2.16. The topological polar surface area (TPSA) is 87.1 Å². The Balaban J connectivity index is 2.18. The molecule has 1 aromatic carbocycles. The molecule has 0 aromatic heterocycles. The van der Waals surface area contributed by atoms with Crippen molar-refractivity contribution >= 4 is 17.8 Å². The highest BCUT2D eigenvalue weighted by molar-refractivity contribution is 5.91. The van der Waals surface area contributed by atoms with Crippen molar-refractivity contribution in [1.29, 1.82) is 0 Å². The van der Waals surface area contributed by atoms with E-state index in [-0.39, 0.29) is 25.7 Å². The first kappa shape index (κ1) is 17.0. The van der Waals surface area contributed by atoms with Crippen LogP contribution in [0, 0.1) is 0 Å². The summed E-state index contributed by atoms with van der Waals surface area (Å²) in [5.41, 5.74) is 0.898. The largest absolute Gasteiger partial charge is 0.480 e. The Morgan fingerprint density at radius 1 is 1.39 bits per heavy atom. The van der Waals surface area contributed by atoms with E-state index in [0.717, 1.165) is 10.5 Å². The summed E-state index contributed by atoms with van der Waals surface area (Å²) in [6.07, 6.45) is 0. The summed E-state index contributed by atoms with van der Waals surface area (Å²) in [7, 11) is 1.42. The summed E-state index contributed by atoms with van der Waals surface area (Å²) in [6.45, 7) is 1.70. The van der Waals surface area contributed by atoms with Gasteiger partial charge in [-0.25, -0.2) is 4.79 Å². The molecule has 0 radical (unpaired) electrons. The molecule has 2 amide bonds. The lowest BCUT2D eigenvalue weighted by Gasteiger charge is -2.37. The predicted octanol–water partition coefficient (Wildman–Crippen LogP) is 0.346. The minimum absolute atomic E-state index is 0.0636. The molecule has 0 saturated carbocycles. The minimum atomic E-state index is -1.10. The Labute approximate surface area is 134 Å². The van der Waals surface area contributed by atoms with E-state index < -0.39 is 24.0 Å². The van der Waals surface area contributed by atoms with Crippen LogP contribution in [-0.4, -0.2) is 65.0 Å². The van der Waals surface area contributed by atoms with Gasteiger partial charge >= 0.3 is 5.97 Å². The van der Waals surface area contributed by atoms with Crippen LogP contribution in [0.2, 0.25) is 0 Å². The number of ether oxygens (including phenoxy) is 1. The van der Waals surface area contributed by atoms with E-state index in [1.165, 1.54) is 18.9 Å². The van der Waals surface area contributed by atoms with Crippen LogP contribution in [0.1, 0.15) is 12.5 Å². The van der Waals surface area contributed by atoms with Crippen molar-refractivity contribution in [2.45, 2.75) is 25.6 Å². The van der Waals surface area contributed by atoms with Gasteiger partial charge in [-0.3, -0.25) is 9.59 Å². The fourth-order valence-corrected chi connectivity index (χ4v) is 2.38. The fourth-order valence-electron chi connectivity index (χ4n) is 2.38. The molecule has 1 saturated heterocycles. The van der Waals surface area contributed by atoms with E-state index in [0.29, 0.717) is 0 Å². The Morgan fingerprint density at radius 3 is 2.65 bits per heavy atom. The number of hydrogen-bond donors (Lipinski definition) is 1. The molecular formula is C16H20N2O5. The first-order chi connectivity index (χ1) is 10.9. The number of amides is 2. The van der Waals surface area contributed by atoms with Crippen molar-refractivity contribution in [2.24, 2.45) is 0 Å². The van der Waals surface area contributed by atoms with Crippen molar-refractivity contribution in [3.05, 3.63) is 35.9 Å². The summed E-state index contributed by atoms with van der Waals surface area (Å²) >= 11 is 0. The van der Waals surface area contributed by atoms with Gasteiger partial charge in [0, 0.05) is 13.6 Å². The van der Waals surface area contributed by atoms with Gasteiger partial charge < -0.3 is 19.6 Å². The van der Waals surface area contributed by atoms with Gasteiger partial charge in [-0.2, -0.15) is 0 Å². The lowest BCUT2D eigenvalue weighted by Crippen LogP contribution is -2.58. The molecule has 124 valence electrons. The second-order valence-electron chi connectivity index (χ2n) is 5.50. The normalized spacial score (nSPS) is 19.3. The smallest absolute Gasteiger partial charge is 0.326 e. The predicted molar refractivity (Wildman–Crippen MR) is 81.5 cm³/mol.